The first kappa shape index (κ1) is 27.6. The lowest BCUT2D eigenvalue weighted by Crippen LogP contribution is -2.67. The lowest BCUT2D eigenvalue weighted by atomic mass is 10.1. The van der Waals surface area contributed by atoms with Gasteiger partial charge in [-0.2, -0.15) is 5.10 Å². The number of aliphatic hydroxyl groups excluding tert-OH is 1. The Morgan fingerprint density at radius 3 is 1.97 bits per heavy atom. The molecule has 0 spiro atoms. The van der Waals surface area contributed by atoms with Crippen LogP contribution in [0.2, 0.25) is 5.04 Å². The Kier molecular flexibility index (Phi) is 8.76. The summed E-state index contributed by atoms with van der Waals surface area (Å²) in [5, 5.41) is 20.5. The SMILES string of the molecule is CC(C)(C)OC(=O)NC(Cn1cccn1)C(O)CO[Si](c1ccccc1)(c1ccccc1)C(C)(C)C. The monoisotopic (exact) mass is 509 g/mol. The number of carbonyl (C=O) groups excluding carboxylic acids is 1. The molecule has 1 amide bonds. The van der Waals surface area contributed by atoms with Crippen LogP contribution in [0, 0.1) is 0 Å². The molecule has 1 heterocycles. The summed E-state index contributed by atoms with van der Waals surface area (Å²) in [6.07, 6.45) is 1.86. The van der Waals surface area contributed by atoms with Crippen molar-refractivity contribution in [1.82, 2.24) is 15.1 Å². The van der Waals surface area contributed by atoms with Gasteiger partial charge in [0.2, 0.25) is 0 Å². The van der Waals surface area contributed by atoms with Gasteiger partial charge in [-0.05, 0) is 42.2 Å². The number of nitrogens with one attached hydrogen (secondary N) is 1. The molecule has 0 radical (unpaired) electrons. The lowest BCUT2D eigenvalue weighted by molar-refractivity contribution is 0.0306. The lowest BCUT2D eigenvalue weighted by Gasteiger charge is -2.43. The second-order valence-corrected chi connectivity index (χ2v) is 15.3. The van der Waals surface area contributed by atoms with Gasteiger partial charge in [-0.15, -0.1) is 0 Å². The molecule has 36 heavy (non-hydrogen) atoms. The summed E-state index contributed by atoms with van der Waals surface area (Å²) < 4.78 is 14.0. The molecule has 2 atom stereocenters. The van der Waals surface area contributed by atoms with Gasteiger partial charge in [0.15, 0.2) is 0 Å². The third-order valence-electron chi connectivity index (χ3n) is 6.00. The number of alkyl carbamates (subject to hydrolysis) is 1. The van der Waals surface area contributed by atoms with Gasteiger partial charge in [0.1, 0.15) is 5.60 Å². The third kappa shape index (κ3) is 6.84. The smallest absolute Gasteiger partial charge is 0.408 e. The van der Waals surface area contributed by atoms with Gasteiger partial charge in [0.25, 0.3) is 8.32 Å². The van der Waals surface area contributed by atoms with Crippen LogP contribution in [-0.4, -0.2) is 53.7 Å². The standard InChI is InChI=1S/C28H39N3O4Si/c1-27(2,3)35-26(33)30-24(20-31-19-13-18-29-31)25(32)21-34-36(28(4,5)6,22-14-9-7-10-15-22)23-16-11-8-12-17-23/h7-19,24-25,32H,20-21H2,1-6H3,(H,30,33). The summed E-state index contributed by atoms with van der Waals surface area (Å²) >= 11 is 0. The largest absolute Gasteiger partial charge is 0.444 e. The predicted octanol–water partition coefficient (Wildman–Crippen LogP) is 3.71. The van der Waals surface area contributed by atoms with E-state index in [0.29, 0.717) is 0 Å². The molecular weight excluding hydrogens is 470 g/mol. The molecule has 0 aliphatic carbocycles. The van der Waals surface area contributed by atoms with E-state index in [1.54, 1.807) is 43.9 Å². The molecule has 0 aliphatic rings. The summed E-state index contributed by atoms with van der Waals surface area (Å²) in [5.41, 5.74) is -0.656. The van der Waals surface area contributed by atoms with Crippen molar-refractivity contribution < 1.29 is 19.1 Å². The maximum Gasteiger partial charge on any atom is 0.408 e. The Labute approximate surface area is 215 Å². The molecule has 0 fully saturated rings. The fraction of sp³-hybridized carbons (Fsp3) is 0.429. The molecule has 194 valence electrons. The van der Waals surface area contributed by atoms with Crippen LogP contribution in [0.3, 0.4) is 0 Å². The van der Waals surface area contributed by atoms with E-state index >= 15 is 0 Å². The fourth-order valence-electron chi connectivity index (χ4n) is 4.42. The highest BCUT2D eigenvalue weighted by atomic mass is 28.4. The van der Waals surface area contributed by atoms with Crippen LogP contribution in [0.1, 0.15) is 41.5 Å². The second-order valence-electron chi connectivity index (χ2n) is 11.0. The average molecular weight is 510 g/mol. The minimum absolute atomic E-state index is 0.0367. The van der Waals surface area contributed by atoms with Gasteiger partial charge < -0.3 is 19.6 Å². The summed E-state index contributed by atoms with van der Waals surface area (Å²) in [6.45, 7) is 12.3. The molecule has 3 rings (SSSR count). The van der Waals surface area contributed by atoms with Gasteiger partial charge in [0, 0.05) is 12.4 Å². The number of hydrogen-bond donors (Lipinski definition) is 2. The zero-order valence-corrected chi connectivity index (χ0v) is 23.1. The van der Waals surface area contributed by atoms with Crippen LogP contribution < -0.4 is 15.7 Å². The summed E-state index contributed by atoms with van der Waals surface area (Å²) in [4.78, 5) is 12.6. The molecule has 8 heteroatoms. The Balaban J connectivity index is 1.92. The first-order chi connectivity index (χ1) is 16.9. The summed E-state index contributed by atoms with van der Waals surface area (Å²) in [6, 6.07) is 21.7. The van der Waals surface area contributed by atoms with Gasteiger partial charge in [-0.3, -0.25) is 4.68 Å². The predicted molar refractivity (Wildman–Crippen MR) is 145 cm³/mol. The van der Waals surface area contributed by atoms with E-state index in [4.69, 9.17) is 9.16 Å². The molecule has 7 nitrogen and oxygen atoms in total. The van der Waals surface area contributed by atoms with Crippen molar-refractivity contribution in [3.63, 3.8) is 0 Å². The number of amides is 1. The Morgan fingerprint density at radius 2 is 1.53 bits per heavy atom. The number of ether oxygens (including phenoxy) is 1. The molecule has 0 saturated heterocycles. The van der Waals surface area contributed by atoms with Crippen LogP contribution in [0.4, 0.5) is 4.79 Å². The number of rotatable bonds is 9. The van der Waals surface area contributed by atoms with E-state index in [-0.39, 0.29) is 18.2 Å². The zero-order valence-electron chi connectivity index (χ0n) is 22.1. The number of aliphatic hydroxyl groups is 1. The van der Waals surface area contributed by atoms with Crippen LogP contribution in [0.25, 0.3) is 0 Å². The van der Waals surface area contributed by atoms with E-state index in [0.717, 1.165) is 10.4 Å². The first-order valence-electron chi connectivity index (χ1n) is 12.3. The minimum Gasteiger partial charge on any atom is -0.444 e. The van der Waals surface area contributed by atoms with E-state index in [1.807, 2.05) is 36.4 Å². The highest BCUT2D eigenvalue weighted by Crippen LogP contribution is 2.36. The second kappa shape index (κ2) is 11.4. The van der Waals surface area contributed by atoms with E-state index in [1.165, 1.54) is 0 Å². The number of aromatic nitrogens is 2. The molecule has 3 aromatic rings. The van der Waals surface area contributed by atoms with Gasteiger partial charge in [-0.25, -0.2) is 4.79 Å². The van der Waals surface area contributed by atoms with Crippen molar-refractivity contribution in [3.8, 4) is 0 Å². The maximum atomic E-state index is 12.6. The Morgan fingerprint density at radius 1 is 0.972 bits per heavy atom. The highest BCUT2D eigenvalue weighted by molar-refractivity contribution is 6.99. The molecule has 1 aromatic heterocycles. The van der Waals surface area contributed by atoms with Crippen molar-refractivity contribution in [2.45, 2.75) is 70.9 Å². The number of benzene rings is 2. The minimum atomic E-state index is -2.84. The number of nitrogens with zero attached hydrogens (tertiary/aromatic N) is 2. The van der Waals surface area contributed by atoms with Crippen molar-refractivity contribution in [1.29, 1.82) is 0 Å². The molecule has 0 aliphatic heterocycles. The average Bonchev–Trinajstić information content (AvgIpc) is 3.31. The first-order valence-corrected chi connectivity index (χ1v) is 14.2. The Hall–Kier alpha value is -2.94. The Bertz CT molecular complexity index is 1040. The third-order valence-corrected chi connectivity index (χ3v) is 11.0. The zero-order chi connectivity index (χ0) is 26.4. The topological polar surface area (TPSA) is 85.6 Å². The maximum absolute atomic E-state index is 12.6. The molecule has 2 unspecified atom stereocenters. The summed E-state index contributed by atoms with van der Waals surface area (Å²) in [5.74, 6) is 0. The fourth-order valence-corrected chi connectivity index (χ4v) is 9.00. The van der Waals surface area contributed by atoms with Crippen LogP contribution in [-0.2, 0) is 15.7 Å². The van der Waals surface area contributed by atoms with E-state index < -0.39 is 32.2 Å². The van der Waals surface area contributed by atoms with E-state index in [2.05, 4.69) is 55.5 Å². The van der Waals surface area contributed by atoms with Crippen LogP contribution in [0.15, 0.2) is 79.1 Å². The van der Waals surface area contributed by atoms with Gasteiger partial charge >= 0.3 is 6.09 Å². The molecule has 0 saturated carbocycles. The summed E-state index contributed by atoms with van der Waals surface area (Å²) in [7, 11) is -2.84. The van der Waals surface area contributed by atoms with Crippen molar-refractivity contribution in [2.75, 3.05) is 6.61 Å². The van der Waals surface area contributed by atoms with Crippen LogP contribution in [0.5, 0.6) is 0 Å². The van der Waals surface area contributed by atoms with Crippen molar-refractivity contribution in [3.05, 3.63) is 79.1 Å². The molecule has 2 N–H and O–H groups in total. The van der Waals surface area contributed by atoms with Gasteiger partial charge in [0.05, 0.1) is 25.3 Å². The van der Waals surface area contributed by atoms with E-state index in [9.17, 15) is 9.90 Å². The highest BCUT2D eigenvalue weighted by Gasteiger charge is 2.50. The van der Waals surface area contributed by atoms with Gasteiger partial charge in [-0.1, -0.05) is 81.4 Å². The van der Waals surface area contributed by atoms with Crippen molar-refractivity contribution in [2.24, 2.45) is 0 Å². The quantitative estimate of drug-likeness (QED) is 0.430. The van der Waals surface area contributed by atoms with Crippen molar-refractivity contribution >= 4 is 24.8 Å². The number of hydrogen-bond acceptors (Lipinski definition) is 5. The molecular formula is C28H39N3O4Si. The normalized spacial score (nSPS) is 14.2. The molecule has 2 aromatic carbocycles. The molecule has 0 bridgehead atoms. The van der Waals surface area contributed by atoms with Crippen LogP contribution >= 0.6 is 0 Å². The number of carbonyl (C=O) groups is 1.